The summed E-state index contributed by atoms with van der Waals surface area (Å²) in [5.74, 6) is 0. The molecule has 48 valence electrons. The Morgan fingerprint density at radius 3 is 2.78 bits per heavy atom. The average Bonchev–Trinajstić information content (AvgIpc) is 2.46. The third kappa shape index (κ3) is 0.787. The van der Waals surface area contributed by atoms with Crippen LogP contribution in [0.5, 0.6) is 0 Å². The van der Waals surface area contributed by atoms with E-state index in [-0.39, 0.29) is 5.54 Å². The van der Waals surface area contributed by atoms with Crippen molar-refractivity contribution in [3.05, 3.63) is 22.4 Å². The number of thiophene rings is 1. The van der Waals surface area contributed by atoms with Crippen LogP contribution in [0.1, 0.15) is 17.7 Å². The Kier molecular flexibility index (Phi) is 0.957. The standard InChI is InChI=1S/C7H9NS/c8-7(3-4-7)6-2-1-5-9-6/h1-2,5H,3-4,8H2. The molecule has 0 atom stereocenters. The second kappa shape index (κ2) is 1.58. The first-order valence-corrected chi connectivity index (χ1v) is 4.02. The topological polar surface area (TPSA) is 26.0 Å². The number of hydrogen-bond acceptors (Lipinski definition) is 2. The van der Waals surface area contributed by atoms with Crippen molar-refractivity contribution in [2.75, 3.05) is 0 Å². The molecule has 9 heavy (non-hydrogen) atoms. The van der Waals surface area contributed by atoms with Crippen molar-refractivity contribution in [1.82, 2.24) is 0 Å². The normalized spacial score (nSPS) is 21.9. The largest absolute Gasteiger partial charge is 0.321 e. The maximum atomic E-state index is 5.92. The highest BCUT2D eigenvalue weighted by Gasteiger charge is 2.40. The zero-order chi connectivity index (χ0) is 6.32. The molecule has 2 N–H and O–H groups in total. The lowest BCUT2D eigenvalue weighted by molar-refractivity contribution is 0.759. The van der Waals surface area contributed by atoms with E-state index in [1.54, 1.807) is 11.3 Å². The Morgan fingerprint density at radius 2 is 2.33 bits per heavy atom. The highest BCUT2D eigenvalue weighted by Crippen LogP contribution is 2.44. The SMILES string of the molecule is NC1(c2cccs2)CC1. The second-order valence-corrected chi connectivity index (χ2v) is 3.58. The molecular formula is C7H9NS. The average molecular weight is 139 g/mol. The molecule has 1 aromatic heterocycles. The summed E-state index contributed by atoms with van der Waals surface area (Å²) < 4.78 is 0. The van der Waals surface area contributed by atoms with Gasteiger partial charge >= 0.3 is 0 Å². The molecule has 1 saturated carbocycles. The summed E-state index contributed by atoms with van der Waals surface area (Å²) in [6, 6.07) is 4.19. The minimum absolute atomic E-state index is 0.0914. The fourth-order valence-corrected chi connectivity index (χ4v) is 1.84. The van der Waals surface area contributed by atoms with E-state index in [1.165, 1.54) is 17.7 Å². The second-order valence-electron chi connectivity index (χ2n) is 2.63. The van der Waals surface area contributed by atoms with Crippen LogP contribution in [-0.2, 0) is 5.54 Å². The lowest BCUT2D eigenvalue weighted by atomic mass is 10.2. The van der Waals surface area contributed by atoms with Crippen molar-refractivity contribution >= 4 is 11.3 Å². The molecule has 0 spiro atoms. The van der Waals surface area contributed by atoms with Crippen molar-refractivity contribution in [2.45, 2.75) is 18.4 Å². The molecule has 1 heterocycles. The summed E-state index contributed by atoms with van der Waals surface area (Å²) in [6.45, 7) is 0. The molecule has 0 bridgehead atoms. The molecule has 2 heteroatoms. The summed E-state index contributed by atoms with van der Waals surface area (Å²) in [4.78, 5) is 1.35. The molecule has 1 aromatic rings. The van der Waals surface area contributed by atoms with Gasteiger partial charge in [0.25, 0.3) is 0 Å². The van der Waals surface area contributed by atoms with Crippen LogP contribution in [0.3, 0.4) is 0 Å². The molecule has 0 radical (unpaired) electrons. The van der Waals surface area contributed by atoms with Crippen molar-refractivity contribution in [2.24, 2.45) is 5.73 Å². The van der Waals surface area contributed by atoms with E-state index in [0.717, 1.165) is 0 Å². The van der Waals surface area contributed by atoms with Crippen molar-refractivity contribution in [1.29, 1.82) is 0 Å². The van der Waals surface area contributed by atoms with E-state index in [0.29, 0.717) is 0 Å². The Hall–Kier alpha value is -0.340. The van der Waals surface area contributed by atoms with Gasteiger partial charge in [0, 0.05) is 4.88 Å². The first-order valence-electron chi connectivity index (χ1n) is 3.14. The zero-order valence-electron chi connectivity index (χ0n) is 5.13. The Balaban J connectivity index is 2.34. The lowest BCUT2D eigenvalue weighted by Crippen LogP contribution is -2.16. The zero-order valence-corrected chi connectivity index (χ0v) is 5.95. The maximum absolute atomic E-state index is 5.92. The number of hydrogen-bond donors (Lipinski definition) is 1. The van der Waals surface area contributed by atoms with Crippen LogP contribution >= 0.6 is 11.3 Å². The van der Waals surface area contributed by atoms with Gasteiger partial charge in [-0.05, 0) is 24.3 Å². The highest BCUT2D eigenvalue weighted by molar-refractivity contribution is 7.10. The van der Waals surface area contributed by atoms with Crippen LogP contribution < -0.4 is 5.73 Å². The first-order chi connectivity index (χ1) is 4.31. The lowest BCUT2D eigenvalue weighted by Gasteiger charge is -2.01. The van der Waals surface area contributed by atoms with E-state index >= 15 is 0 Å². The predicted octanol–water partition coefficient (Wildman–Crippen LogP) is 1.70. The van der Waals surface area contributed by atoms with Gasteiger partial charge in [0.05, 0.1) is 5.54 Å². The van der Waals surface area contributed by atoms with Crippen LogP contribution in [0.2, 0.25) is 0 Å². The number of nitrogens with two attached hydrogens (primary N) is 1. The summed E-state index contributed by atoms with van der Waals surface area (Å²) in [6.07, 6.45) is 2.35. The molecule has 0 aromatic carbocycles. The van der Waals surface area contributed by atoms with E-state index in [9.17, 15) is 0 Å². The summed E-state index contributed by atoms with van der Waals surface area (Å²) >= 11 is 1.77. The Morgan fingerprint density at radius 1 is 1.56 bits per heavy atom. The van der Waals surface area contributed by atoms with Gasteiger partial charge in [-0.1, -0.05) is 6.07 Å². The fraction of sp³-hybridized carbons (Fsp3) is 0.429. The highest BCUT2D eigenvalue weighted by atomic mass is 32.1. The molecule has 2 rings (SSSR count). The Bertz CT molecular complexity index is 199. The molecule has 1 aliphatic rings. The Labute approximate surface area is 58.5 Å². The summed E-state index contributed by atoms with van der Waals surface area (Å²) in [5.41, 5.74) is 6.01. The quantitative estimate of drug-likeness (QED) is 0.629. The van der Waals surface area contributed by atoms with Gasteiger partial charge in [0.1, 0.15) is 0 Å². The van der Waals surface area contributed by atoms with Gasteiger partial charge in [-0.15, -0.1) is 11.3 Å². The van der Waals surface area contributed by atoms with E-state index < -0.39 is 0 Å². The third-order valence-electron chi connectivity index (χ3n) is 1.80. The van der Waals surface area contributed by atoms with Crippen LogP contribution in [-0.4, -0.2) is 0 Å². The summed E-state index contributed by atoms with van der Waals surface area (Å²) in [7, 11) is 0. The van der Waals surface area contributed by atoms with Crippen LogP contribution in [0.15, 0.2) is 17.5 Å². The van der Waals surface area contributed by atoms with Gasteiger partial charge in [0.2, 0.25) is 0 Å². The molecule has 0 aliphatic heterocycles. The smallest absolute Gasteiger partial charge is 0.0505 e. The summed E-state index contributed by atoms with van der Waals surface area (Å²) in [5, 5.41) is 2.09. The van der Waals surface area contributed by atoms with E-state index in [2.05, 4.69) is 17.5 Å². The van der Waals surface area contributed by atoms with Crippen molar-refractivity contribution in [3.63, 3.8) is 0 Å². The van der Waals surface area contributed by atoms with Crippen LogP contribution in [0, 0.1) is 0 Å². The predicted molar refractivity (Wildman–Crippen MR) is 39.4 cm³/mol. The minimum atomic E-state index is 0.0914. The molecular weight excluding hydrogens is 130 g/mol. The molecule has 0 unspecified atom stereocenters. The fourth-order valence-electron chi connectivity index (χ4n) is 0.943. The van der Waals surface area contributed by atoms with E-state index in [4.69, 9.17) is 5.73 Å². The molecule has 0 amide bonds. The van der Waals surface area contributed by atoms with Gasteiger partial charge < -0.3 is 5.73 Å². The molecule has 0 saturated heterocycles. The monoisotopic (exact) mass is 139 g/mol. The van der Waals surface area contributed by atoms with Gasteiger partial charge in [0.15, 0.2) is 0 Å². The maximum Gasteiger partial charge on any atom is 0.0505 e. The van der Waals surface area contributed by atoms with Gasteiger partial charge in [-0.25, -0.2) is 0 Å². The van der Waals surface area contributed by atoms with Crippen molar-refractivity contribution < 1.29 is 0 Å². The minimum Gasteiger partial charge on any atom is -0.321 e. The molecule has 1 fully saturated rings. The molecule has 1 aliphatic carbocycles. The first kappa shape index (κ1) is 5.45. The van der Waals surface area contributed by atoms with Gasteiger partial charge in [-0.3, -0.25) is 0 Å². The third-order valence-corrected chi connectivity index (χ3v) is 2.89. The number of rotatable bonds is 1. The van der Waals surface area contributed by atoms with Crippen LogP contribution in [0.25, 0.3) is 0 Å². The van der Waals surface area contributed by atoms with Gasteiger partial charge in [-0.2, -0.15) is 0 Å². The van der Waals surface area contributed by atoms with Crippen LogP contribution in [0.4, 0.5) is 0 Å². The van der Waals surface area contributed by atoms with Crippen molar-refractivity contribution in [3.8, 4) is 0 Å². The van der Waals surface area contributed by atoms with E-state index in [1.807, 2.05) is 0 Å². The molecule has 1 nitrogen and oxygen atoms in total.